The van der Waals surface area contributed by atoms with Crippen LogP contribution in [0.1, 0.15) is 55.5 Å². The monoisotopic (exact) mass is 390 g/mol. The molecule has 0 amide bonds. The lowest BCUT2D eigenvalue weighted by atomic mass is 9.93. The molecule has 0 aliphatic heterocycles. The van der Waals surface area contributed by atoms with Crippen molar-refractivity contribution in [1.82, 2.24) is 0 Å². The zero-order chi connectivity index (χ0) is 21.0. The molecule has 0 fully saturated rings. The van der Waals surface area contributed by atoms with E-state index in [4.69, 9.17) is 0 Å². The molecule has 0 radical (unpaired) electrons. The van der Waals surface area contributed by atoms with Crippen molar-refractivity contribution in [2.24, 2.45) is 0 Å². The van der Waals surface area contributed by atoms with Crippen molar-refractivity contribution >= 4 is 12.6 Å². The van der Waals surface area contributed by atoms with Crippen LogP contribution in [-0.4, -0.2) is 27.9 Å². The van der Waals surface area contributed by atoms with E-state index in [0.717, 1.165) is 12.0 Å². The van der Waals surface area contributed by atoms with Gasteiger partial charge in [0.1, 0.15) is 29.8 Å². The number of hydrogen-bond donors (Lipinski definition) is 3. The zero-order valence-electron chi connectivity index (χ0n) is 16.1. The van der Waals surface area contributed by atoms with Gasteiger partial charge >= 0.3 is 0 Å². The van der Waals surface area contributed by atoms with Crippen LogP contribution in [-0.2, 0) is 19.3 Å². The van der Waals surface area contributed by atoms with Gasteiger partial charge in [-0.15, -0.1) is 0 Å². The lowest BCUT2D eigenvalue weighted by molar-refractivity contribution is 0.111. The second kappa shape index (κ2) is 8.61. The summed E-state index contributed by atoms with van der Waals surface area (Å²) in [6.45, 7) is 1.99. The summed E-state index contributed by atoms with van der Waals surface area (Å²) in [7, 11) is 0. The lowest BCUT2D eigenvalue weighted by Gasteiger charge is -2.15. The average Bonchev–Trinajstić information content (AvgIpc) is 2.73. The minimum absolute atomic E-state index is 0.0507. The standard InChI is InChI=1S/C24H22O5/c1-2-15-7-20(11-18-9-16(13-25)3-5-22(18)27)24(29)21(8-15)12-19-10-17(14-26)4-6-23(19)28/h3-10,13-14,27-29H,2,11-12H2,1H3. The van der Waals surface area contributed by atoms with E-state index >= 15 is 0 Å². The van der Waals surface area contributed by atoms with E-state index in [1.807, 2.05) is 19.1 Å². The van der Waals surface area contributed by atoms with Gasteiger partial charge in [0, 0.05) is 24.0 Å². The Balaban J connectivity index is 2.02. The zero-order valence-corrected chi connectivity index (χ0v) is 16.1. The number of rotatable bonds is 7. The first-order valence-corrected chi connectivity index (χ1v) is 9.33. The van der Waals surface area contributed by atoms with E-state index in [1.54, 1.807) is 12.1 Å². The number of carbonyl (C=O) groups excluding carboxylic acids is 2. The number of aryl methyl sites for hydroxylation is 1. The van der Waals surface area contributed by atoms with Crippen molar-refractivity contribution in [2.45, 2.75) is 26.2 Å². The first-order valence-electron chi connectivity index (χ1n) is 9.33. The molecule has 5 nitrogen and oxygen atoms in total. The van der Waals surface area contributed by atoms with Gasteiger partial charge in [-0.1, -0.05) is 19.1 Å². The van der Waals surface area contributed by atoms with E-state index in [2.05, 4.69) is 0 Å². The van der Waals surface area contributed by atoms with E-state index < -0.39 is 0 Å². The summed E-state index contributed by atoms with van der Waals surface area (Å²) in [5, 5.41) is 31.2. The summed E-state index contributed by atoms with van der Waals surface area (Å²) < 4.78 is 0. The first kappa shape index (κ1) is 20.1. The van der Waals surface area contributed by atoms with Gasteiger partial charge in [-0.3, -0.25) is 9.59 Å². The molecule has 0 unspecified atom stereocenters. The summed E-state index contributed by atoms with van der Waals surface area (Å²) in [5.74, 6) is 0.165. The van der Waals surface area contributed by atoms with Crippen LogP contribution in [0.4, 0.5) is 0 Å². The molecule has 0 saturated heterocycles. The topological polar surface area (TPSA) is 94.8 Å². The maximum absolute atomic E-state index is 11.1. The van der Waals surface area contributed by atoms with Crippen LogP contribution in [0, 0.1) is 0 Å². The molecule has 0 aliphatic carbocycles. The molecule has 3 N–H and O–H groups in total. The second-order valence-corrected chi connectivity index (χ2v) is 6.98. The number of phenolic OH excluding ortho intramolecular Hbond substituents is 3. The quantitative estimate of drug-likeness (QED) is 0.526. The van der Waals surface area contributed by atoms with Gasteiger partial charge in [-0.05, 0) is 70.6 Å². The van der Waals surface area contributed by atoms with Crippen LogP contribution < -0.4 is 0 Å². The predicted molar refractivity (Wildman–Crippen MR) is 110 cm³/mol. The number of hydrogen-bond acceptors (Lipinski definition) is 5. The summed E-state index contributed by atoms with van der Waals surface area (Å²) in [6, 6.07) is 12.9. The third-order valence-corrected chi connectivity index (χ3v) is 4.98. The summed E-state index contributed by atoms with van der Waals surface area (Å²) in [4.78, 5) is 22.1. The SMILES string of the molecule is CCc1cc(Cc2cc(C=O)ccc2O)c(O)c(Cc2cc(C=O)ccc2O)c1. The van der Waals surface area contributed by atoms with Crippen molar-refractivity contribution < 1.29 is 24.9 Å². The Morgan fingerprint density at radius 2 is 1.14 bits per heavy atom. The molecule has 0 spiro atoms. The van der Waals surface area contributed by atoms with Gasteiger partial charge in [0.15, 0.2) is 0 Å². The van der Waals surface area contributed by atoms with Crippen LogP contribution >= 0.6 is 0 Å². The van der Waals surface area contributed by atoms with Crippen molar-refractivity contribution in [3.05, 3.63) is 87.5 Å². The number of benzene rings is 3. The molecule has 3 rings (SSSR count). The second-order valence-electron chi connectivity index (χ2n) is 6.98. The van der Waals surface area contributed by atoms with Crippen LogP contribution in [0.3, 0.4) is 0 Å². The number of aromatic hydroxyl groups is 3. The Kier molecular flexibility index (Phi) is 5.98. The normalized spacial score (nSPS) is 10.7. The Hall–Kier alpha value is -3.60. The number of aldehydes is 2. The molecule has 148 valence electrons. The third-order valence-electron chi connectivity index (χ3n) is 4.98. The molecule has 0 saturated carbocycles. The van der Waals surface area contributed by atoms with Crippen LogP contribution in [0.2, 0.25) is 0 Å². The molecule has 0 aliphatic rings. The van der Waals surface area contributed by atoms with Crippen molar-refractivity contribution in [1.29, 1.82) is 0 Å². The van der Waals surface area contributed by atoms with Gasteiger partial charge in [0.25, 0.3) is 0 Å². The molecular formula is C24H22O5. The highest BCUT2D eigenvalue weighted by molar-refractivity contribution is 5.76. The molecule has 0 heterocycles. The Morgan fingerprint density at radius 3 is 1.52 bits per heavy atom. The molecule has 0 aromatic heterocycles. The van der Waals surface area contributed by atoms with Crippen molar-refractivity contribution in [2.75, 3.05) is 0 Å². The largest absolute Gasteiger partial charge is 0.508 e. The Morgan fingerprint density at radius 1 is 0.690 bits per heavy atom. The molecule has 3 aromatic carbocycles. The Labute approximate surface area is 168 Å². The van der Waals surface area contributed by atoms with Crippen molar-refractivity contribution in [3.8, 4) is 17.2 Å². The third kappa shape index (κ3) is 4.46. The smallest absolute Gasteiger partial charge is 0.150 e. The summed E-state index contributed by atoms with van der Waals surface area (Å²) >= 11 is 0. The van der Waals surface area contributed by atoms with E-state index in [1.165, 1.54) is 24.3 Å². The maximum atomic E-state index is 11.1. The molecule has 0 atom stereocenters. The number of phenols is 3. The van der Waals surface area contributed by atoms with Gasteiger partial charge in [-0.2, -0.15) is 0 Å². The van der Waals surface area contributed by atoms with E-state index in [0.29, 0.717) is 46.0 Å². The van der Waals surface area contributed by atoms with Gasteiger partial charge < -0.3 is 15.3 Å². The van der Waals surface area contributed by atoms with Gasteiger partial charge in [-0.25, -0.2) is 0 Å². The molecule has 29 heavy (non-hydrogen) atoms. The maximum Gasteiger partial charge on any atom is 0.150 e. The Bertz CT molecular complexity index is 988. The van der Waals surface area contributed by atoms with E-state index in [9.17, 15) is 24.9 Å². The fourth-order valence-corrected chi connectivity index (χ4v) is 3.36. The van der Waals surface area contributed by atoms with Crippen molar-refractivity contribution in [3.63, 3.8) is 0 Å². The fourth-order valence-electron chi connectivity index (χ4n) is 3.36. The molecule has 5 heteroatoms. The molecule has 0 bridgehead atoms. The fraction of sp³-hybridized carbons (Fsp3) is 0.167. The van der Waals surface area contributed by atoms with E-state index in [-0.39, 0.29) is 30.1 Å². The molecule has 3 aromatic rings. The lowest BCUT2D eigenvalue weighted by Crippen LogP contribution is -1.99. The van der Waals surface area contributed by atoms with Gasteiger partial charge in [0.2, 0.25) is 0 Å². The average molecular weight is 390 g/mol. The predicted octanol–water partition coefficient (Wildman–Crippen LogP) is 4.17. The highest BCUT2D eigenvalue weighted by Gasteiger charge is 2.15. The van der Waals surface area contributed by atoms with Gasteiger partial charge in [0.05, 0.1) is 0 Å². The highest BCUT2D eigenvalue weighted by atomic mass is 16.3. The minimum Gasteiger partial charge on any atom is -0.508 e. The van der Waals surface area contributed by atoms with Crippen LogP contribution in [0.25, 0.3) is 0 Å². The van der Waals surface area contributed by atoms with Crippen LogP contribution in [0.5, 0.6) is 17.2 Å². The number of carbonyl (C=O) groups is 2. The summed E-state index contributed by atoms with van der Waals surface area (Å²) in [5.41, 5.74) is 4.18. The minimum atomic E-state index is 0.0507. The first-order chi connectivity index (χ1) is 13.9. The highest BCUT2D eigenvalue weighted by Crippen LogP contribution is 2.33. The molecular weight excluding hydrogens is 368 g/mol. The van der Waals surface area contributed by atoms with Crippen LogP contribution in [0.15, 0.2) is 48.5 Å². The summed E-state index contributed by atoms with van der Waals surface area (Å²) in [6.07, 6.45) is 2.65.